The fourth-order valence-electron chi connectivity index (χ4n) is 3.97. The van der Waals surface area contributed by atoms with Crippen molar-refractivity contribution in [1.82, 2.24) is 10.4 Å². The molecule has 34 heavy (non-hydrogen) atoms. The Morgan fingerprint density at radius 2 is 1.82 bits per heavy atom. The molecule has 8 nitrogen and oxygen atoms in total. The van der Waals surface area contributed by atoms with Gasteiger partial charge in [0.25, 0.3) is 0 Å². The third-order valence-electron chi connectivity index (χ3n) is 5.87. The number of amides is 2. The summed E-state index contributed by atoms with van der Waals surface area (Å²) in [7, 11) is -2.33. The summed E-state index contributed by atoms with van der Waals surface area (Å²) in [5, 5.41) is 16.8. The number of rotatable bonds is 7. The van der Waals surface area contributed by atoms with Crippen molar-refractivity contribution < 1.29 is 23.2 Å². The van der Waals surface area contributed by atoms with E-state index in [1.54, 1.807) is 19.1 Å². The molecule has 0 radical (unpaired) electrons. The molecular weight excluding hydrogens is 454 g/mol. The van der Waals surface area contributed by atoms with Gasteiger partial charge < -0.3 is 15.4 Å². The minimum Gasteiger partial charge on any atom is -0.495 e. The number of nitrogens with zero attached hydrogens (tertiary/aromatic N) is 1. The van der Waals surface area contributed by atoms with E-state index in [0.717, 1.165) is 24.2 Å². The smallest absolute Gasteiger partial charge is 0.346 e. The first-order chi connectivity index (χ1) is 16.3. The molecule has 3 aromatic carbocycles. The average molecular weight is 482 g/mol. The SMILES string of the molecule is COc1cc(NC(=O)N(O)C(C)c2ccccc2)ccc1S(=O)(=O)Cc1ccc2c(c1)CNC2. The first-order valence-corrected chi connectivity index (χ1v) is 12.5. The second kappa shape index (κ2) is 9.84. The molecule has 1 aliphatic rings. The number of urea groups is 1. The van der Waals surface area contributed by atoms with E-state index in [1.807, 2.05) is 36.4 Å². The third-order valence-corrected chi connectivity index (χ3v) is 7.59. The number of hydrogen-bond acceptors (Lipinski definition) is 6. The van der Waals surface area contributed by atoms with Crippen LogP contribution in [-0.2, 0) is 28.7 Å². The lowest BCUT2D eigenvalue weighted by Crippen LogP contribution is -2.34. The summed E-state index contributed by atoms with van der Waals surface area (Å²) in [5.74, 6) is -0.0531. The van der Waals surface area contributed by atoms with E-state index in [0.29, 0.717) is 16.3 Å². The third kappa shape index (κ3) is 5.06. The van der Waals surface area contributed by atoms with E-state index >= 15 is 0 Å². The zero-order valence-corrected chi connectivity index (χ0v) is 19.8. The molecule has 3 N–H and O–H groups in total. The van der Waals surface area contributed by atoms with Crippen LogP contribution in [0.25, 0.3) is 0 Å². The predicted octanol–water partition coefficient (Wildman–Crippen LogP) is 4.26. The molecule has 0 aliphatic carbocycles. The Morgan fingerprint density at radius 1 is 1.09 bits per heavy atom. The summed E-state index contributed by atoms with van der Waals surface area (Å²) in [6.07, 6.45) is 0. The number of sulfone groups is 1. The Balaban J connectivity index is 1.50. The van der Waals surface area contributed by atoms with Gasteiger partial charge in [-0.15, -0.1) is 0 Å². The van der Waals surface area contributed by atoms with Gasteiger partial charge in [-0.05, 0) is 41.3 Å². The number of methoxy groups -OCH3 is 1. The van der Waals surface area contributed by atoms with Crippen LogP contribution in [0.4, 0.5) is 10.5 Å². The fraction of sp³-hybridized carbons (Fsp3) is 0.240. The number of hydroxylamine groups is 2. The molecular formula is C25H27N3O5S. The van der Waals surface area contributed by atoms with Gasteiger partial charge in [0.05, 0.1) is 18.9 Å². The highest BCUT2D eigenvalue weighted by Gasteiger charge is 2.24. The summed E-state index contributed by atoms with van der Waals surface area (Å²) in [6, 6.07) is 17.8. The number of fused-ring (bicyclic) bond motifs is 1. The molecule has 1 atom stereocenters. The van der Waals surface area contributed by atoms with E-state index < -0.39 is 21.9 Å². The van der Waals surface area contributed by atoms with E-state index in [2.05, 4.69) is 10.6 Å². The second-order valence-electron chi connectivity index (χ2n) is 8.19. The maximum atomic E-state index is 13.1. The summed E-state index contributed by atoms with van der Waals surface area (Å²) in [5.41, 5.74) is 4.05. The second-order valence-corrected chi connectivity index (χ2v) is 10.2. The molecule has 3 aromatic rings. The summed E-state index contributed by atoms with van der Waals surface area (Å²) in [6.45, 7) is 3.21. The van der Waals surface area contributed by atoms with Crippen LogP contribution in [0.15, 0.2) is 71.6 Å². The Kier molecular flexibility index (Phi) is 6.87. The Morgan fingerprint density at radius 3 is 2.56 bits per heavy atom. The highest BCUT2D eigenvalue weighted by atomic mass is 32.2. The number of ether oxygens (including phenoxy) is 1. The highest BCUT2D eigenvalue weighted by molar-refractivity contribution is 7.90. The summed E-state index contributed by atoms with van der Waals surface area (Å²) in [4.78, 5) is 12.6. The van der Waals surface area contributed by atoms with Gasteiger partial charge in [0.15, 0.2) is 9.84 Å². The molecule has 1 unspecified atom stereocenters. The number of carbonyl (C=O) groups is 1. The lowest BCUT2D eigenvalue weighted by Gasteiger charge is -2.23. The Labute approximate surface area is 199 Å². The van der Waals surface area contributed by atoms with E-state index in [-0.39, 0.29) is 16.4 Å². The number of nitrogens with one attached hydrogen (secondary N) is 2. The van der Waals surface area contributed by atoms with Crippen molar-refractivity contribution in [3.05, 3.63) is 89.0 Å². The molecule has 178 valence electrons. The molecule has 1 aliphatic heterocycles. The quantitative estimate of drug-likeness (QED) is 0.344. The molecule has 0 saturated heterocycles. The van der Waals surface area contributed by atoms with Crippen LogP contribution in [0.5, 0.6) is 5.75 Å². The largest absolute Gasteiger partial charge is 0.495 e. The van der Waals surface area contributed by atoms with Crippen LogP contribution < -0.4 is 15.4 Å². The maximum absolute atomic E-state index is 13.1. The monoisotopic (exact) mass is 481 g/mol. The number of benzene rings is 3. The first-order valence-electron chi connectivity index (χ1n) is 10.8. The van der Waals surface area contributed by atoms with Crippen molar-refractivity contribution in [2.24, 2.45) is 0 Å². The van der Waals surface area contributed by atoms with Crippen LogP contribution in [-0.4, -0.2) is 31.8 Å². The molecule has 0 bridgehead atoms. The molecule has 9 heteroatoms. The van der Waals surface area contributed by atoms with Crippen molar-refractivity contribution >= 4 is 21.6 Å². The highest BCUT2D eigenvalue weighted by Crippen LogP contribution is 2.31. The van der Waals surface area contributed by atoms with Gasteiger partial charge in [-0.1, -0.05) is 48.5 Å². The van der Waals surface area contributed by atoms with Crippen molar-refractivity contribution in [3.8, 4) is 5.75 Å². The number of anilines is 1. The number of hydrogen-bond donors (Lipinski definition) is 3. The van der Waals surface area contributed by atoms with E-state index in [4.69, 9.17) is 4.74 Å². The first kappa shape index (κ1) is 23.7. The average Bonchev–Trinajstić information content (AvgIpc) is 3.31. The number of carbonyl (C=O) groups excluding carboxylic acids is 1. The van der Waals surface area contributed by atoms with Gasteiger partial charge >= 0.3 is 6.03 Å². The Bertz CT molecular complexity index is 1300. The molecule has 0 fully saturated rings. The summed E-state index contributed by atoms with van der Waals surface area (Å²) < 4.78 is 31.6. The minimum absolute atomic E-state index is 0.0325. The van der Waals surface area contributed by atoms with Crippen LogP contribution in [0.2, 0.25) is 0 Å². The fourth-order valence-corrected chi connectivity index (χ4v) is 5.46. The van der Waals surface area contributed by atoms with Crippen molar-refractivity contribution in [2.45, 2.75) is 36.7 Å². The Hall–Kier alpha value is -3.40. The lowest BCUT2D eigenvalue weighted by molar-refractivity contribution is -0.0690. The molecule has 4 rings (SSSR count). The normalized spacial score (nSPS) is 13.7. The lowest BCUT2D eigenvalue weighted by atomic mass is 10.1. The van der Waals surface area contributed by atoms with Gasteiger partial charge in [-0.2, -0.15) is 5.06 Å². The minimum atomic E-state index is -3.70. The molecule has 2 amide bonds. The standard InChI is InChI=1S/C25H27N3O5S/c1-17(19-6-4-3-5-7-19)28(30)25(29)27-22-10-11-24(23(13-22)33-2)34(31,32)16-18-8-9-20-14-26-15-21(20)12-18/h3-13,17,26,30H,14-16H2,1-2H3,(H,27,29). The van der Waals surface area contributed by atoms with Crippen LogP contribution in [0, 0.1) is 0 Å². The van der Waals surface area contributed by atoms with Gasteiger partial charge in [0.1, 0.15) is 10.6 Å². The van der Waals surface area contributed by atoms with Gasteiger partial charge in [0.2, 0.25) is 0 Å². The van der Waals surface area contributed by atoms with E-state index in [9.17, 15) is 18.4 Å². The zero-order chi connectivity index (χ0) is 24.3. The predicted molar refractivity (Wildman–Crippen MR) is 128 cm³/mol. The van der Waals surface area contributed by atoms with Gasteiger partial charge in [0, 0.05) is 24.8 Å². The molecule has 0 spiro atoms. The topological polar surface area (TPSA) is 108 Å². The van der Waals surface area contributed by atoms with Crippen LogP contribution in [0.1, 0.15) is 35.2 Å². The van der Waals surface area contributed by atoms with Crippen molar-refractivity contribution in [2.75, 3.05) is 12.4 Å². The van der Waals surface area contributed by atoms with Crippen LogP contribution >= 0.6 is 0 Å². The maximum Gasteiger partial charge on any atom is 0.346 e. The van der Waals surface area contributed by atoms with Gasteiger partial charge in [-0.25, -0.2) is 13.2 Å². The van der Waals surface area contributed by atoms with Crippen molar-refractivity contribution in [3.63, 3.8) is 0 Å². The van der Waals surface area contributed by atoms with E-state index in [1.165, 1.54) is 30.9 Å². The van der Waals surface area contributed by atoms with Crippen molar-refractivity contribution in [1.29, 1.82) is 0 Å². The molecule has 0 aromatic heterocycles. The zero-order valence-electron chi connectivity index (χ0n) is 19.0. The molecule has 1 heterocycles. The van der Waals surface area contributed by atoms with Gasteiger partial charge in [-0.3, -0.25) is 5.21 Å². The molecule has 0 saturated carbocycles. The van der Waals surface area contributed by atoms with Crippen LogP contribution in [0.3, 0.4) is 0 Å². The summed E-state index contributed by atoms with van der Waals surface area (Å²) >= 11 is 0.